The van der Waals surface area contributed by atoms with E-state index in [1.165, 1.54) is 0 Å². The van der Waals surface area contributed by atoms with Crippen LogP contribution < -0.4 is 0 Å². The molecule has 1 rings (SSSR count). The molecule has 0 bridgehead atoms. The van der Waals surface area contributed by atoms with Crippen LogP contribution in [0.15, 0.2) is 25.3 Å². The van der Waals surface area contributed by atoms with Gasteiger partial charge in [-0.3, -0.25) is 0 Å². The minimum absolute atomic E-state index is 0.0820. The standard InChI is InChI=1S/C11H18O2/c1-3-5-8-13-11-7-6-9-12-10(11)4-2/h3-4,10-11H,1-2,5-9H2/t10-,11+/m1/s1. The van der Waals surface area contributed by atoms with Gasteiger partial charge in [-0.2, -0.15) is 0 Å². The van der Waals surface area contributed by atoms with Crippen LogP contribution in [0.4, 0.5) is 0 Å². The van der Waals surface area contributed by atoms with E-state index in [-0.39, 0.29) is 12.2 Å². The van der Waals surface area contributed by atoms with Crippen LogP contribution in [0.5, 0.6) is 0 Å². The summed E-state index contributed by atoms with van der Waals surface area (Å²) in [5, 5.41) is 0. The first kappa shape index (κ1) is 10.5. The quantitative estimate of drug-likeness (QED) is 0.480. The second kappa shape index (κ2) is 5.95. The monoisotopic (exact) mass is 182 g/mol. The summed E-state index contributed by atoms with van der Waals surface area (Å²) in [7, 11) is 0. The van der Waals surface area contributed by atoms with Crippen molar-refractivity contribution in [3.05, 3.63) is 25.3 Å². The molecule has 13 heavy (non-hydrogen) atoms. The molecule has 0 spiro atoms. The van der Waals surface area contributed by atoms with Crippen molar-refractivity contribution in [3.8, 4) is 0 Å². The van der Waals surface area contributed by atoms with Gasteiger partial charge in [-0.1, -0.05) is 12.2 Å². The first-order chi connectivity index (χ1) is 6.38. The van der Waals surface area contributed by atoms with Gasteiger partial charge in [-0.25, -0.2) is 0 Å². The molecule has 0 radical (unpaired) electrons. The molecule has 1 fully saturated rings. The lowest BCUT2D eigenvalue weighted by molar-refractivity contribution is -0.0832. The minimum atomic E-state index is 0.0820. The van der Waals surface area contributed by atoms with Crippen LogP contribution in [0.1, 0.15) is 19.3 Å². The Hall–Kier alpha value is -0.600. The van der Waals surface area contributed by atoms with E-state index in [0.717, 1.165) is 32.5 Å². The van der Waals surface area contributed by atoms with Crippen molar-refractivity contribution in [3.63, 3.8) is 0 Å². The Labute approximate surface area is 80.2 Å². The lowest BCUT2D eigenvalue weighted by Gasteiger charge is -2.29. The lowest BCUT2D eigenvalue weighted by atomic mass is 10.1. The Morgan fingerprint density at radius 2 is 2.31 bits per heavy atom. The largest absolute Gasteiger partial charge is 0.375 e. The van der Waals surface area contributed by atoms with E-state index in [2.05, 4.69) is 13.2 Å². The third-order valence-electron chi connectivity index (χ3n) is 2.20. The molecule has 0 unspecified atom stereocenters. The summed E-state index contributed by atoms with van der Waals surface area (Å²) in [6.07, 6.45) is 7.05. The van der Waals surface area contributed by atoms with Gasteiger partial charge in [-0.15, -0.1) is 13.2 Å². The molecule has 1 aliphatic rings. The second-order valence-corrected chi connectivity index (χ2v) is 3.20. The average molecular weight is 182 g/mol. The number of ether oxygens (including phenoxy) is 2. The zero-order chi connectivity index (χ0) is 9.52. The molecule has 2 atom stereocenters. The molecule has 0 aromatic carbocycles. The van der Waals surface area contributed by atoms with Gasteiger partial charge in [0.25, 0.3) is 0 Å². The van der Waals surface area contributed by atoms with Gasteiger partial charge >= 0.3 is 0 Å². The van der Waals surface area contributed by atoms with Crippen LogP contribution in [0.25, 0.3) is 0 Å². The predicted molar refractivity (Wildman–Crippen MR) is 53.7 cm³/mol. The highest BCUT2D eigenvalue weighted by Crippen LogP contribution is 2.18. The molecule has 74 valence electrons. The van der Waals surface area contributed by atoms with Crippen molar-refractivity contribution < 1.29 is 9.47 Å². The van der Waals surface area contributed by atoms with E-state index in [1.807, 2.05) is 12.2 Å². The smallest absolute Gasteiger partial charge is 0.101 e. The summed E-state index contributed by atoms with van der Waals surface area (Å²) in [6, 6.07) is 0. The van der Waals surface area contributed by atoms with Crippen molar-refractivity contribution in [1.29, 1.82) is 0 Å². The number of rotatable bonds is 5. The molecular formula is C11H18O2. The van der Waals surface area contributed by atoms with Crippen LogP contribution in [-0.2, 0) is 9.47 Å². The first-order valence-electron chi connectivity index (χ1n) is 4.85. The van der Waals surface area contributed by atoms with Crippen molar-refractivity contribution >= 4 is 0 Å². The van der Waals surface area contributed by atoms with Crippen molar-refractivity contribution in [2.75, 3.05) is 13.2 Å². The number of hydrogen-bond donors (Lipinski definition) is 0. The fourth-order valence-electron chi connectivity index (χ4n) is 1.48. The van der Waals surface area contributed by atoms with Gasteiger partial charge in [0.2, 0.25) is 0 Å². The zero-order valence-electron chi connectivity index (χ0n) is 8.08. The highest BCUT2D eigenvalue weighted by atomic mass is 16.5. The van der Waals surface area contributed by atoms with Crippen LogP contribution in [-0.4, -0.2) is 25.4 Å². The van der Waals surface area contributed by atoms with Crippen molar-refractivity contribution in [1.82, 2.24) is 0 Å². The highest BCUT2D eigenvalue weighted by molar-refractivity contribution is 4.89. The maximum atomic E-state index is 5.66. The highest BCUT2D eigenvalue weighted by Gasteiger charge is 2.23. The van der Waals surface area contributed by atoms with Gasteiger partial charge in [-0.05, 0) is 19.3 Å². The van der Waals surface area contributed by atoms with Gasteiger partial charge in [0.15, 0.2) is 0 Å². The van der Waals surface area contributed by atoms with E-state index in [4.69, 9.17) is 9.47 Å². The van der Waals surface area contributed by atoms with Gasteiger partial charge in [0, 0.05) is 6.61 Å². The molecule has 0 aromatic heterocycles. The third-order valence-corrected chi connectivity index (χ3v) is 2.20. The van der Waals surface area contributed by atoms with E-state index >= 15 is 0 Å². The summed E-state index contributed by atoms with van der Waals surface area (Å²) in [5.74, 6) is 0. The molecule has 0 amide bonds. The average Bonchev–Trinajstić information content (AvgIpc) is 2.19. The van der Waals surface area contributed by atoms with Gasteiger partial charge < -0.3 is 9.47 Å². The molecule has 0 aliphatic carbocycles. The molecule has 0 aromatic rings. The maximum absolute atomic E-state index is 5.66. The summed E-state index contributed by atoms with van der Waals surface area (Å²) in [6.45, 7) is 8.96. The maximum Gasteiger partial charge on any atom is 0.101 e. The topological polar surface area (TPSA) is 18.5 Å². The third kappa shape index (κ3) is 3.33. The van der Waals surface area contributed by atoms with Crippen LogP contribution in [0, 0.1) is 0 Å². The molecule has 0 saturated carbocycles. The van der Waals surface area contributed by atoms with E-state index < -0.39 is 0 Å². The Bertz CT molecular complexity index is 165. The van der Waals surface area contributed by atoms with Gasteiger partial charge in [0.05, 0.1) is 12.7 Å². The zero-order valence-corrected chi connectivity index (χ0v) is 8.08. The Balaban J connectivity index is 2.27. The molecule has 2 nitrogen and oxygen atoms in total. The SMILES string of the molecule is C=CCCO[C@H]1CCCO[C@@H]1C=C. The molecule has 1 heterocycles. The normalized spacial score (nSPS) is 28.3. The van der Waals surface area contributed by atoms with Crippen LogP contribution in [0.2, 0.25) is 0 Å². The first-order valence-corrected chi connectivity index (χ1v) is 4.85. The van der Waals surface area contributed by atoms with Crippen molar-refractivity contribution in [2.45, 2.75) is 31.5 Å². The van der Waals surface area contributed by atoms with Crippen LogP contribution in [0.3, 0.4) is 0 Å². The Morgan fingerprint density at radius 3 is 3.00 bits per heavy atom. The van der Waals surface area contributed by atoms with E-state index in [9.17, 15) is 0 Å². The summed E-state index contributed by atoms with van der Waals surface area (Å²) in [5.41, 5.74) is 0. The Kier molecular flexibility index (Phi) is 4.79. The molecule has 2 heteroatoms. The van der Waals surface area contributed by atoms with E-state index in [0.29, 0.717) is 0 Å². The summed E-state index contributed by atoms with van der Waals surface area (Å²) in [4.78, 5) is 0. The van der Waals surface area contributed by atoms with Crippen LogP contribution >= 0.6 is 0 Å². The number of hydrogen-bond acceptors (Lipinski definition) is 2. The fraction of sp³-hybridized carbons (Fsp3) is 0.636. The van der Waals surface area contributed by atoms with Gasteiger partial charge in [0.1, 0.15) is 6.10 Å². The molecule has 1 aliphatic heterocycles. The van der Waals surface area contributed by atoms with Crippen molar-refractivity contribution in [2.24, 2.45) is 0 Å². The fourth-order valence-corrected chi connectivity index (χ4v) is 1.48. The van der Waals surface area contributed by atoms with E-state index in [1.54, 1.807) is 0 Å². The Morgan fingerprint density at radius 1 is 1.46 bits per heavy atom. The lowest BCUT2D eigenvalue weighted by Crippen LogP contribution is -2.34. The molecular weight excluding hydrogens is 164 g/mol. The molecule has 0 N–H and O–H groups in total. The molecule has 1 saturated heterocycles. The second-order valence-electron chi connectivity index (χ2n) is 3.20. The summed E-state index contributed by atoms with van der Waals surface area (Å²) >= 11 is 0. The summed E-state index contributed by atoms with van der Waals surface area (Å²) < 4.78 is 11.2. The minimum Gasteiger partial charge on any atom is -0.375 e. The predicted octanol–water partition coefficient (Wildman–Crippen LogP) is 2.31.